The van der Waals surface area contributed by atoms with Crippen molar-refractivity contribution >= 4 is 33.3 Å². The van der Waals surface area contributed by atoms with Crippen molar-refractivity contribution in [2.75, 3.05) is 18.4 Å². The Labute approximate surface area is 123 Å². The normalized spacial score (nSPS) is 11.6. The molecule has 0 spiro atoms. The third-order valence-corrected chi connectivity index (χ3v) is 3.61. The largest absolute Gasteiger partial charge is 0.368 e. The van der Waals surface area contributed by atoms with E-state index in [1.165, 1.54) is 0 Å². The Bertz CT molecular complexity index is 374. The summed E-state index contributed by atoms with van der Waals surface area (Å²) in [6.07, 6.45) is 1.65. The van der Waals surface area contributed by atoms with Gasteiger partial charge in [0.25, 0.3) is 0 Å². The van der Waals surface area contributed by atoms with Crippen LogP contribution in [0.5, 0.6) is 0 Å². The van der Waals surface area contributed by atoms with Crippen molar-refractivity contribution in [3.05, 3.63) is 21.8 Å². The molecule has 0 aliphatic carbocycles. The number of aromatic nitrogens is 1. The van der Waals surface area contributed by atoms with E-state index < -0.39 is 0 Å². The van der Waals surface area contributed by atoms with E-state index in [1.807, 2.05) is 6.07 Å². The lowest BCUT2D eigenvalue weighted by atomic mass is 10.2. The summed E-state index contributed by atoms with van der Waals surface area (Å²) in [6, 6.07) is 2.95. The SMILES string of the molecule is CC(C)N(CCNc1ncc(Cl)cc1Br)C(C)C. The average molecular weight is 335 g/mol. The summed E-state index contributed by atoms with van der Waals surface area (Å²) in [7, 11) is 0. The maximum Gasteiger partial charge on any atom is 0.140 e. The van der Waals surface area contributed by atoms with E-state index in [1.54, 1.807) is 6.20 Å². The van der Waals surface area contributed by atoms with E-state index in [0.717, 1.165) is 23.4 Å². The molecule has 0 radical (unpaired) electrons. The Hall–Kier alpha value is -0.320. The van der Waals surface area contributed by atoms with E-state index in [9.17, 15) is 0 Å². The van der Waals surface area contributed by atoms with Crippen molar-refractivity contribution in [3.63, 3.8) is 0 Å². The van der Waals surface area contributed by atoms with Gasteiger partial charge in [-0.05, 0) is 49.7 Å². The molecule has 0 saturated carbocycles. The number of halogens is 2. The van der Waals surface area contributed by atoms with Gasteiger partial charge < -0.3 is 5.32 Å². The quantitative estimate of drug-likeness (QED) is 0.851. The molecule has 0 bridgehead atoms. The second kappa shape index (κ2) is 7.31. The van der Waals surface area contributed by atoms with Gasteiger partial charge in [-0.3, -0.25) is 4.90 Å². The zero-order valence-corrected chi connectivity index (χ0v) is 13.7. The molecular weight excluding hydrogens is 314 g/mol. The number of hydrogen-bond donors (Lipinski definition) is 1. The first-order valence-corrected chi connectivity index (χ1v) is 7.39. The Morgan fingerprint density at radius 1 is 1.33 bits per heavy atom. The van der Waals surface area contributed by atoms with Gasteiger partial charge in [-0.2, -0.15) is 0 Å². The van der Waals surface area contributed by atoms with Gasteiger partial charge in [0.1, 0.15) is 5.82 Å². The lowest BCUT2D eigenvalue weighted by Crippen LogP contribution is -2.40. The van der Waals surface area contributed by atoms with Gasteiger partial charge in [0, 0.05) is 31.4 Å². The van der Waals surface area contributed by atoms with E-state index >= 15 is 0 Å². The highest BCUT2D eigenvalue weighted by Crippen LogP contribution is 2.22. The number of anilines is 1. The minimum Gasteiger partial charge on any atom is -0.368 e. The van der Waals surface area contributed by atoms with Crippen LogP contribution in [0.25, 0.3) is 0 Å². The third-order valence-electron chi connectivity index (χ3n) is 2.80. The Morgan fingerprint density at radius 3 is 2.44 bits per heavy atom. The first-order chi connectivity index (χ1) is 8.41. The van der Waals surface area contributed by atoms with Gasteiger partial charge in [0.2, 0.25) is 0 Å². The highest BCUT2D eigenvalue weighted by atomic mass is 79.9. The molecule has 3 nitrogen and oxygen atoms in total. The van der Waals surface area contributed by atoms with E-state index in [2.05, 4.69) is 58.8 Å². The fourth-order valence-corrected chi connectivity index (χ4v) is 2.74. The maximum atomic E-state index is 5.86. The highest BCUT2D eigenvalue weighted by molar-refractivity contribution is 9.10. The molecule has 1 aromatic rings. The minimum absolute atomic E-state index is 0.549. The van der Waals surface area contributed by atoms with Gasteiger partial charge >= 0.3 is 0 Å². The summed E-state index contributed by atoms with van der Waals surface area (Å²) in [5, 5.41) is 3.96. The standard InChI is InChI=1S/C13H21BrClN3/c1-9(2)18(10(3)4)6-5-16-13-12(14)7-11(15)8-17-13/h7-10H,5-6H2,1-4H3,(H,16,17). The van der Waals surface area contributed by atoms with E-state index in [-0.39, 0.29) is 0 Å². The molecular formula is C13H21BrClN3. The lowest BCUT2D eigenvalue weighted by molar-refractivity contribution is 0.182. The van der Waals surface area contributed by atoms with Crippen LogP contribution in [0.15, 0.2) is 16.7 Å². The third kappa shape index (κ3) is 4.75. The van der Waals surface area contributed by atoms with Crippen LogP contribution < -0.4 is 5.32 Å². The molecule has 1 rings (SSSR count). The van der Waals surface area contributed by atoms with Crippen LogP contribution in [0.4, 0.5) is 5.82 Å². The second-order valence-corrected chi connectivity index (χ2v) is 6.13. The Kier molecular flexibility index (Phi) is 6.39. The van der Waals surface area contributed by atoms with Crippen LogP contribution in [0.2, 0.25) is 5.02 Å². The number of nitrogens with zero attached hydrogens (tertiary/aromatic N) is 2. The molecule has 18 heavy (non-hydrogen) atoms. The smallest absolute Gasteiger partial charge is 0.140 e. The first-order valence-electron chi connectivity index (χ1n) is 6.22. The van der Waals surface area contributed by atoms with Crippen molar-refractivity contribution < 1.29 is 0 Å². The highest BCUT2D eigenvalue weighted by Gasteiger charge is 2.12. The molecule has 0 amide bonds. The zero-order chi connectivity index (χ0) is 13.7. The number of pyridine rings is 1. The molecule has 0 fully saturated rings. The van der Waals surface area contributed by atoms with Crippen LogP contribution in [-0.2, 0) is 0 Å². The maximum absolute atomic E-state index is 5.86. The van der Waals surface area contributed by atoms with Gasteiger partial charge in [-0.25, -0.2) is 4.98 Å². The van der Waals surface area contributed by atoms with E-state index in [4.69, 9.17) is 11.6 Å². The lowest BCUT2D eigenvalue weighted by Gasteiger charge is -2.30. The molecule has 0 aliphatic heterocycles. The van der Waals surface area contributed by atoms with Crippen molar-refractivity contribution in [3.8, 4) is 0 Å². The summed E-state index contributed by atoms with van der Waals surface area (Å²) < 4.78 is 0.899. The fraction of sp³-hybridized carbons (Fsp3) is 0.615. The average Bonchev–Trinajstić information content (AvgIpc) is 2.25. The number of hydrogen-bond acceptors (Lipinski definition) is 3. The molecule has 0 aromatic carbocycles. The van der Waals surface area contributed by atoms with Crippen LogP contribution in [0, 0.1) is 0 Å². The van der Waals surface area contributed by atoms with Crippen LogP contribution in [-0.4, -0.2) is 35.1 Å². The van der Waals surface area contributed by atoms with Crippen molar-refractivity contribution in [1.82, 2.24) is 9.88 Å². The van der Waals surface area contributed by atoms with Gasteiger partial charge in [0.05, 0.1) is 9.50 Å². The van der Waals surface area contributed by atoms with Gasteiger partial charge in [0.15, 0.2) is 0 Å². The fourth-order valence-electron chi connectivity index (χ4n) is 1.96. The second-order valence-electron chi connectivity index (χ2n) is 4.84. The predicted molar refractivity (Wildman–Crippen MR) is 82.4 cm³/mol. The molecule has 0 saturated heterocycles. The molecule has 1 aromatic heterocycles. The van der Waals surface area contributed by atoms with E-state index in [0.29, 0.717) is 17.1 Å². The zero-order valence-electron chi connectivity index (χ0n) is 11.4. The Balaban J connectivity index is 2.50. The number of nitrogens with one attached hydrogen (secondary N) is 1. The molecule has 5 heteroatoms. The molecule has 1 N–H and O–H groups in total. The molecule has 102 valence electrons. The van der Waals surface area contributed by atoms with Crippen LogP contribution in [0.3, 0.4) is 0 Å². The summed E-state index contributed by atoms with van der Waals surface area (Å²) in [4.78, 5) is 6.70. The topological polar surface area (TPSA) is 28.2 Å². The van der Waals surface area contributed by atoms with Gasteiger partial charge in [-0.15, -0.1) is 0 Å². The molecule has 0 unspecified atom stereocenters. The summed E-state index contributed by atoms with van der Waals surface area (Å²) in [6.45, 7) is 10.7. The number of rotatable bonds is 6. The van der Waals surface area contributed by atoms with Crippen molar-refractivity contribution in [2.45, 2.75) is 39.8 Å². The first kappa shape index (κ1) is 15.7. The molecule has 0 atom stereocenters. The van der Waals surface area contributed by atoms with Crippen LogP contribution >= 0.6 is 27.5 Å². The molecule has 0 aliphatic rings. The summed E-state index contributed by atoms with van der Waals surface area (Å²) >= 11 is 9.31. The molecule has 1 heterocycles. The van der Waals surface area contributed by atoms with Crippen molar-refractivity contribution in [2.24, 2.45) is 0 Å². The summed E-state index contributed by atoms with van der Waals surface area (Å²) in [5.74, 6) is 0.840. The van der Waals surface area contributed by atoms with Crippen molar-refractivity contribution in [1.29, 1.82) is 0 Å². The minimum atomic E-state index is 0.549. The monoisotopic (exact) mass is 333 g/mol. The van der Waals surface area contributed by atoms with Crippen LogP contribution in [0.1, 0.15) is 27.7 Å². The predicted octanol–water partition coefficient (Wildman–Crippen LogP) is 4.03. The van der Waals surface area contributed by atoms with Gasteiger partial charge in [-0.1, -0.05) is 11.6 Å². The summed E-state index contributed by atoms with van der Waals surface area (Å²) in [5.41, 5.74) is 0. The Morgan fingerprint density at radius 2 is 1.94 bits per heavy atom.